The van der Waals surface area contributed by atoms with Crippen LogP contribution in [0.2, 0.25) is 0 Å². The number of rotatable bonds is 6. The van der Waals surface area contributed by atoms with Gasteiger partial charge >= 0.3 is 6.18 Å². The van der Waals surface area contributed by atoms with Crippen LogP contribution in [-0.2, 0) is 5.60 Å². The highest BCUT2D eigenvalue weighted by Crippen LogP contribution is 2.41. The van der Waals surface area contributed by atoms with E-state index in [-0.39, 0.29) is 21.8 Å². The Balaban J connectivity index is 1.68. The standard InChI is InChI=1S/C20H16F4N2O2S/c21-15-9-5-4-8-14(15)18-26-16(12-29-18)17(27)25-11-10-19(28,20(22,23)24)13-6-2-1-3-7-13/h1-9,12,28H,10-11H2,(H,25,27). The van der Waals surface area contributed by atoms with Gasteiger partial charge in [-0.05, 0) is 17.7 Å². The fourth-order valence-corrected chi connectivity index (χ4v) is 3.57. The zero-order valence-corrected chi connectivity index (χ0v) is 15.7. The van der Waals surface area contributed by atoms with Crippen molar-refractivity contribution in [1.82, 2.24) is 10.3 Å². The van der Waals surface area contributed by atoms with E-state index in [0.717, 1.165) is 11.3 Å². The van der Waals surface area contributed by atoms with Gasteiger partial charge in [-0.2, -0.15) is 13.2 Å². The zero-order valence-electron chi connectivity index (χ0n) is 14.9. The molecule has 0 spiro atoms. The molecule has 152 valence electrons. The Morgan fingerprint density at radius 3 is 2.38 bits per heavy atom. The first-order valence-corrected chi connectivity index (χ1v) is 9.43. The summed E-state index contributed by atoms with van der Waals surface area (Å²) in [4.78, 5) is 16.3. The number of alkyl halides is 3. The highest BCUT2D eigenvalue weighted by molar-refractivity contribution is 7.13. The number of aromatic nitrogens is 1. The fraction of sp³-hybridized carbons (Fsp3) is 0.200. The van der Waals surface area contributed by atoms with Gasteiger partial charge in [0, 0.05) is 23.9 Å². The highest BCUT2D eigenvalue weighted by atomic mass is 32.1. The van der Waals surface area contributed by atoms with Crippen LogP contribution in [0.1, 0.15) is 22.5 Å². The van der Waals surface area contributed by atoms with Crippen molar-refractivity contribution >= 4 is 17.2 Å². The maximum absolute atomic E-state index is 13.8. The average Bonchev–Trinajstić information content (AvgIpc) is 3.18. The van der Waals surface area contributed by atoms with Crippen molar-refractivity contribution in [2.75, 3.05) is 6.54 Å². The van der Waals surface area contributed by atoms with Gasteiger partial charge in [0.15, 0.2) is 5.60 Å². The van der Waals surface area contributed by atoms with E-state index in [4.69, 9.17) is 0 Å². The molecular weight excluding hydrogens is 408 g/mol. The van der Waals surface area contributed by atoms with Gasteiger partial charge in [0.05, 0.1) is 0 Å². The van der Waals surface area contributed by atoms with E-state index in [1.807, 2.05) is 0 Å². The molecule has 9 heteroatoms. The zero-order chi connectivity index (χ0) is 21.1. The van der Waals surface area contributed by atoms with Crippen LogP contribution < -0.4 is 5.32 Å². The molecule has 1 heterocycles. The number of thiazole rings is 1. The topological polar surface area (TPSA) is 62.2 Å². The van der Waals surface area contributed by atoms with E-state index < -0.39 is 36.5 Å². The van der Waals surface area contributed by atoms with Gasteiger partial charge in [-0.25, -0.2) is 9.37 Å². The number of carbonyl (C=O) groups excluding carboxylic acids is 1. The summed E-state index contributed by atoms with van der Waals surface area (Å²) >= 11 is 1.04. The molecule has 29 heavy (non-hydrogen) atoms. The molecule has 3 aromatic rings. The number of aliphatic hydroxyl groups is 1. The smallest absolute Gasteiger partial charge is 0.376 e. The quantitative estimate of drug-likeness (QED) is 0.572. The van der Waals surface area contributed by atoms with Gasteiger partial charge in [0.25, 0.3) is 5.91 Å². The van der Waals surface area contributed by atoms with Crippen LogP contribution in [0.15, 0.2) is 60.0 Å². The predicted molar refractivity (Wildman–Crippen MR) is 101 cm³/mol. The molecule has 0 aliphatic rings. The van der Waals surface area contributed by atoms with Gasteiger partial charge in [-0.15, -0.1) is 11.3 Å². The molecule has 1 amide bonds. The maximum atomic E-state index is 13.8. The molecule has 3 rings (SSSR count). The molecule has 0 aliphatic heterocycles. The first-order chi connectivity index (χ1) is 13.7. The molecule has 1 aromatic heterocycles. The number of halogens is 4. The molecule has 2 aromatic carbocycles. The lowest BCUT2D eigenvalue weighted by Gasteiger charge is -2.31. The summed E-state index contributed by atoms with van der Waals surface area (Å²) in [5.74, 6) is -1.20. The number of hydrogen-bond donors (Lipinski definition) is 2. The van der Waals surface area contributed by atoms with Gasteiger partial charge in [0.1, 0.15) is 16.5 Å². The van der Waals surface area contributed by atoms with Crippen LogP contribution >= 0.6 is 11.3 Å². The van der Waals surface area contributed by atoms with E-state index in [1.165, 1.54) is 53.9 Å². The summed E-state index contributed by atoms with van der Waals surface area (Å²) in [5, 5.41) is 14.3. The Bertz CT molecular complexity index is 991. The Morgan fingerprint density at radius 2 is 1.72 bits per heavy atom. The number of carbonyl (C=O) groups is 1. The largest absolute Gasteiger partial charge is 0.421 e. The molecule has 0 aliphatic carbocycles. The second-order valence-electron chi connectivity index (χ2n) is 6.25. The summed E-state index contributed by atoms with van der Waals surface area (Å²) in [6.45, 7) is -0.434. The van der Waals surface area contributed by atoms with Gasteiger partial charge in [-0.1, -0.05) is 42.5 Å². The number of nitrogens with one attached hydrogen (secondary N) is 1. The molecule has 1 unspecified atom stereocenters. The van der Waals surface area contributed by atoms with Gasteiger partial charge in [-0.3, -0.25) is 4.79 Å². The third kappa shape index (κ3) is 4.46. The van der Waals surface area contributed by atoms with Gasteiger partial charge in [0.2, 0.25) is 0 Å². The normalized spacial score (nSPS) is 13.7. The number of amides is 1. The minimum atomic E-state index is -4.92. The Hall–Kier alpha value is -2.78. The monoisotopic (exact) mass is 424 g/mol. The van der Waals surface area contributed by atoms with Gasteiger partial charge < -0.3 is 10.4 Å². The van der Waals surface area contributed by atoms with Crippen molar-refractivity contribution in [1.29, 1.82) is 0 Å². The minimum absolute atomic E-state index is 0.0384. The first kappa shape index (κ1) is 20.9. The Kier molecular flexibility index (Phi) is 5.99. The molecule has 4 nitrogen and oxygen atoms in total. The predicted octanol–water partition coefficient (Wildman–Crippen LogP) is 4.52. The van der Waals surface area contributed by atoms with E-state index in [2.05, 4.69) is 10.3 Å². The molecule has 0 saturated carbocycles. The van der Waals surface area contributed by atoms with Crippen molar-refractivity contribution in [2.24, 2.45) is 0 Å². The lowest BCUT2D eigenvalue weighted by atomic mass is 9.89. The molecule has 1 atom stereocenters. The summed E-state index contributed by atoms with van der Waals surface area (Å²) in [6.07, 6.45) is -5.69. The summed E-state index contributed by atoms with van der Waals surface area (Å²) in [5.41, 5.74) is -3.21. The summed E-state index contributed by atoms with van der Waals surface area (Å²) in [6, 6.07) is 12.6. The third-order valence-corrected chi connectivity index (χ3v) is 5.21. The summed E-state index contributed by atoms with van der Waals surface area (Å²) in [7, 11) is 0. The Labute approximate surface area is 167 Å². The fourth-order valence-electron chi connectivity index (χ4n) is 2.75. The van der Waals surface area contributed by atoms with Crippen molar-refractivity contribution in [2.45, 2.75) is 18.2 Å². The lowest BCUT2D eigenvalue weighted by molar-refractivity contribution is -0.268. The number of hydrogen-bond acceptors (Lipinski definition) is 4. The number of benzene rings is 2. The van der Waals surface area contributed by atoms with Crippen molar-refractivity contribution < 1.29 is 27.5 Å². The first-order valence-electron chi connectivity index (χ1n) is 8.55. The van der Waals surface area contributed by atoms with E-state index in [1.54, 1.807) is 6.07 Å². The van der Waals surface area contributed by atoms with Crippen LogP contribution in [0.3, 0.4) is 0 Å². The summed E-state index contributed by atoms with van der Waals surface area (Å²) < 4.78 is 54.2. The molecular formula is C20H16F4N2O2S. The minimum Gasteiger partial charge on any atom is -0.376 e. The third-order valence-electron chi connectivity index (χ3n) is 4.33. The molecule has 0 radical (unpaired) electrons. The van der Waals surface area contributed by atoms with E-state index >= 15 is 0 Å². The lowest BCUT2D eigenvalue weighted by Crippen LogP contribution is -2.45. The molecule has 0 saturated heterocycles. The molecule has 0 fully saturated rings. The second kappa shape index (κ2) is 8.30. The van der Waals surface area contributed by atoms with Crippen molar-refractivity contribution in [3.05, 3.63) is 77.1 Å². The number of nitrogens with zero attached hydrogens (tertiary/aromatic N) is 1. The average molecular weight is 424 g/mol. The SMILES string of the molecule is O=C(NCCC(O)(c1ccccc1)C(F)(F)F)c1csc(-c2ccccc2F)n1. The second-order valence-corrected chi connectivity index (χ2v) is 7.11. The van der Waals surface area contributed by atoms with Crippen LogP contribution in [0.4, 0.5) is 17.6 Å². The molecule has 0 bridgehead atoms. The van der Waals surface area contributed by atoms with E-state index in [9.17, 15) is 27.5 Å². The van der Waals surface area contributed by atoms with E-state index in [0.29, 0.717) is 0 Å². The van der Waals surface area contributed by atoms with Crippen LogP contribution in [0.25, 0.3) is 10.6 Å². The van der Waals surface area contributed by atoms with Crippen LogP contribution in [0.5, 0.6) is 0 Å². The van der Waals surface area contributed by atoms with Crippen molar-refractivity contribution in [3.8, 4) is 10.6 Å². The van der Waals surface area contributed by atoms with Crippen LogP contribution in [0, 0.1) is 5.82 Å². The van der Waals surface area contributed by atoms with Crippen LogP contribution in [-0.4, -0.2) is 28.7 Å². The maximum Gasteiger partial charge on any atom is 0.421 e. The van der Waals surface area contributed by atoms with Crippen molar-refractivity contribution in [3.63, 3.8) is 0 Å². The molecule has 2 N–H and O–H groups in total. The highest BCUT2D eigenvalue weighted by Gasteiger charge is 2.54. The Morgan fingerprint density at radius 1 is 1.07 bits per heavy atom.